The summed E-state index contributed by atoms with van der Waals surface area (Å²) in [5.74, 6) is 0.181. The van der Waals surface area contributed by atoms with Crippen molar-refractivity contribution in [3.63, 3.8) is 0 Å². The van der Waals surface area contributed by atoms with Crippen LogP contribution >= 0.6 is 11.3 Å². The number of anilines is 1. The quantitative estimate of drug-likeness (QED) is 0.873. The van der Waals surface area contributed by atoms with Gasteiger partial charge in [-0.2, -0.15) is 0 Å². The predicted octanol–water partition coefficient (Wildman–Crippen LogP) is 1.00. The Kier molecular flexibility index (Phi) is 4.15. The summed E-state index contributed by atoms with van der Waals surface area (Å²) in [4.78, 5) is 16.1. The zero-order chi connectivity index (χ0) is 12.3. The molecule has 0 radical (unpaired) electrons. The average molecular weight is 253 g/mol. The van der Waals surface area contributed by atoms with E-state index in [9.17, 15) is 4.79 Å². The minimum Gasteiger partial charge on any atom is -0.311 e. The van der Waals surface area contributed by atoms with E-state index in [0.29, 0.717) is 6.42 Å². The van der Waals surface area contributed by atoms with Crippen molar-refractivity contribution >= 4 is 22.2 Å². The number of carbonyl (C=O) groups excluding carboxylic acids is 1. The van der Waals surface area contributed by atoms with Gasteiger partial charge in [0.15, 0.2) is 0 Å². The maximum absolute atomic E-state index is 12.1. The monoisotopic (exact) mass is 253 g/mol. The van der Waals surface area contributed by atoms with Crippen LogP contribution in [0.4, 0.5) is 5.00 Å². The highest BCUT2D eigenvalue weighted by atomic mass is 32.1. The van der Waals surface area contributed by atoms with Crippen molar-refractivity contribution in [2.24, 2.45) is 0 Å². The Morgan fingerprint density at radius 1 is 1.71 bits per heavy atom. The zero-order valence-corrected chi connectivity index (χ0v) is 11.2. The molecule has 1 aromatic heterocycles. The SMILES string of the molecule is CN1CCNC(CC(=O)N(C)c2cccs2)C1. The van der Waals surface area contributed by atoms with E-state index >= 15 is 0 Å². The minimum atomic E-state index is 0.181. The molecule has 0 bridgehead atoms. The first kappa shape index (κ1) is 12.5. The molecule has 1 N–H and O–H groups in total. The maximum atomic E-state index is 12.1. The van der Waals surface area contributed by atoms with Crippen LogP contribution in [-0.4, -0.2) is 50.6 Å². The molecule has 1 aromatic rings. The van der Waals surface area contributed by atoms with E-state index in [4.69, 9.17) is 0 Å². The predicted molar refractivity (Wildman–Crippen MR) is 71.6 cm³/mol. The molecule has 1 aliphatic rings. The molecular formula is C12H19N3OS. The molecule has 0 saturated carbocycles. The summed E-state index contributed by atoms with van der Waals surface area (Å²) in [7, 11) is 3.95. The molecule has 0 aromatic carbocycles. The van der Waals surface area contributed by atoms with E-state index in [-0.39, 0.29) is 11.9 Å². The Morgan fingerprint density at radius 3 is 3.18 bits per heavy atom. The van der Waals surface area contributed by atoms with E-state index in [1.165, 1.54) is 0 Å². The number of thiophene rings is 1. The summed E-state index contributed by atoms with van der Waals surface area (Å²) in [5.41, 5.74) is 0. The summed E-state index contributed by atoms with van der Waals surface area (Å²) >= 11 is 1.60. The van der Waals surface area contributed by atoms with Gasteiger partial charge in [0.1, 0.15) is 0 Å². The van der Waals surface area contributed by atoms with Crippen LogP contribution in [0.25, 0.3) is 0 Å². The minimum absolute atomic E-state index is 0.181. The van der Waals surface area contributed by atoms with Crippen molar-refractivity contribution in [1.29, 1.82) is 0 Å². The molecule has 1 aliphatic heterocycles. The number of amides is 1. The van der Waals surface area contributed by atoms with E-state index in [0.717, 1.165) is 24.6 Å². The second-order valence-corrected chi connectivity index (χ2v) is 5.45. The van der Waals surface area contributed by atoms with Crippen molar-refractivity contribution in [1.82, 2.24) is 10.2 Å². The Bertz CT molecular complexity index is 366. The number of carbonyl (C=O) groups is 1. The topological polar surface area (TPSA) is 35.6 Å². The van der Waals surface area contributed by atoms with Crippen molar-refractivity contribution in [2.45, 2.75) is 12.5 Å². The largest absolute Gasteiger partial charge is 0.311 e. The molecule has 1 saturated heterocycles. The second-order valence-electron chi connectivity index (χ2n) is 4.52. The molecule has 1 amide bonds. The smallest absolute Gasteiger partial charge is 0.228 e. The van der Waals surface area contributed by atoms with Gasteiger partial charge in [-0.1, -0.05) is 0 Å². The van der Waals surface area contributed by atoms with E-state index in [2.05, 4.69) is 17.3 Å². The molecule has 4 nitrogen and oxygen atoms in total. The fraction of sp³-hybridized carbons (Fsp3) is 0.583. The van der Waals surface area contributed by atoms with Gasteiger partial charge < -0.3 is 15.1 Å². The summed E-state index contributed by atoms with van der Waals surface area (Å²) < 4.78 is 0. The maximum Gasteiger partial charge on any atom is 0.228 e. The van der Waals surface area contributed by atoms with E-state index in [1.54, 1.807) is 16.2 Å². The lowest BCUT2D eigenvalue weighted by molar-refractivity contribution is -0.119. The van der Waals surface area contributed by atoms with Gasteiger partial charge in [-0.25, -0.2) is 0 Å². The fourth-order valence-electron chi connectivity index (χ4n) is 2.06. The molecule has 1 unspecified atom stereocenters. The number of nitrogens with one attached hydrogen (secondary N) is 1. The Labute approximate surface area is 106 Å². The molecule has 2 heterocycles. The van der Waals surface area contributed by atoms with Crippen molar-refractivity contribution in [3.8, 4) is 0 Å². The highest BCUT2D eigenvalue weighted by Crippen LogP contribution is 2.20. The van der Waals surface area contributed by atoms with Gasteiger partial charge in [0.25, 0.3) is 0 Å². The van der Waals surface area contributed by atoms with Crippen LogP contribution in [0.15, 0.2) is 17.5 Å². The lowest BCUT2D eigenvalue weighted by atomic mass is 10.1. The molecule has 94 valence electrons. The van der Waals surface area contributed by atoms with Crippen molar-refractivity contribution in [2.75, 3.05) is 38.6 Å². The van der Waals surface area contributed by atoms with Gasteiger partial charge in [0.2, 0.25) is 5.91 Å². The third-order valence-electron chi connectivity index (χ3n) is 3.09. The Balaban J connectivity index is 1.88. The number of hydrogen-bond acceptors (Lipinski definition) is 4. The Hall–Kier alpha value is -0.910. The second kappa shape index (κ2) is 5.62. The van der Waals surface area contributed by atoms with Gasteiger partial charge in [-0.05, 0) is 24.6 Å². The number of nitrogens with zero attached hydrogens (tertiary/aromatic N) is 2. The molecule has 2 rings (SSSR count). The molecule has 1 atom stereocenters. The van der Waals surface area contributed by atoms with Crippen LogP contribution in [0.5, 0.6) is 0 Å². The molecule has 0 spiro atoms. The van der Waals surface area contributed by atoms with E-state index < -0.39 is 0 Å². The summed E-state index contributed by atoms with van der Waals surface area (Å²) in [6.07, 6.45) is 0.568. The van der Waals surface area contributed by atoms with Gasteiger partial charge in [-0.15, -0.1) is 11.3 Å². The first-order valence-corrected chi connectivity index (χ1v) is 6.77. The lowest BCUT2D eigenvalue weighted by Gasteiger charge is -2.31. The highest BCUT2D eigenvalue weighted by molar-refractivity contribution is 7.14. The lowest BCUT2D eigenvalue weighted by Crippen LogP contribution is -2.50. The highest BCUT2D eigenvalue weighted by Gasteiger charge is 2.21. The van der Waals surface area contributed by atoms with Crippen molar-refractivity contribution in [3.05, 3.63) is 17.5 Å². The molecule has 17 heavy (non-hydrogen) atoms. The van der Waals surface area contributed by atoms with Gasteiger partial charge in [0.05, 0.1) is 5.00 Å². The van der Waals surface area contributed by atoms with Crippen LogP contribution in [0.3, 0.4) is 0 Å². The number of likely N-dealkylation sites (N-methyl/N-ethyl adjacent to an activating group) is 1. The Morgan fingerprint density at radius 2 is 2.53 bits per heavy atom. The van der Waals surface area contributed by atoms with Gasteiger partial charge in [-0.3, -0.25) is 4.79 Å². The van der Waals surface area contributed by atoms with Crippen LogP contribution < -0.4 is 10.2 Å². The molecule has 1 fully saturated rings. The number of piperazine rings is 1. The van der Waals surface area contributed by atoms with Crippen LogP contribution in [-0.2, 0) is 4.79 Å². The first-order valence-electron chi connectivity index (χ1n) is 5.89. The normalized spacial score (nSPS) is 21.4. The fourth-order valence-corrected chi connectivity index (χ4v) is 2.77. The zero-order valence-electron chi connectivity index (χ0n) is 10.3. The molecular weight excluding hydrogens is 234 g/mol. The number of hydrogen-bond donors (Lipinski definition) is 1. The summed E-state index contributed by atoms with van der Waals surface area (Å²) in [6.45, 7) is 2.98. The van der Waals surface area contributed by atoms with E-state index in [1.807, 2.05) is 24.6 Å². The molecule has 5 heteroatoms. The standard InChI is InChI=1S/C12H19N3OS/c1-14-6-5-13-10(9-14)8-11(16)15(2)12-4-3-7-17-12/h3-4,7,10,13H,5-6,8-9H2,1-2H3. The average Bonchev–Trinajstić information content (AvgIpc) is 2.81. The third kappa shape index (κ3) is 3.28. The first-order chi connectivity index (χ1) is 8.16. The third-order valence-corrected chi connectivity index (χ3v) is 4.04. The van der Waals surface area contributed by atoms with Crippen LogP contribution in [0.2, 0.25) is 0 Å². The van der Waals surface area contributed by atoms with Crippen molar-refractivity contribution < 1.29 is 4.79 Å². The number of rotatable bonds is 3. The van der Waals surface area contributed by atoms with Crippen LogP contribution in [0, 0.1) is 0 Å². The van der Waals surface area contributed by atoms with Gasteiger partial charge >= 0.3 is 0 Å². The van der Waals surface area contributed by atoms with Crippen LogP contribution in [0.1, 0.15) is 6.42 Å². The summed E-state index contributed by atoms with van der Waals surface area (Å²) in [5, 5.41) is 6.40. The van der Waals surface area contributed by atoms with Gasteiger partial charge in [0, 0.05) is 39.1 Å². The molecule has 0 aliphatic carbocycles. The summed E-state index contributed by atoms with van der Waals surface area (Å²) in [6, 6.07) is 4.23.